The first-order valence-electron chi connectivity index (χ1n) is 8.74. The topological polar surface area (TPSA) is 74.2 Å². The van der Waals surface area contributed by atoms with Crippen molar-refractivity contribution in [2.45, 2.75) is 26.8 Å². The molecule has 0 aliphatic carbocycles. The second kappa shape index (κ2) is 7.55. The highest BCUT2D eigenvalue weighted by atomic mass is 16.2. The average Bonchev–Trinajstić information content (AvgIpc) is 2.94. The number of aromatic nitrogens is 3. The summed E-state index contributed by atoms with van der Waals surface area (Å²) in [4.78, 5) is 32.6. The fraction of sp³-hybridized carbons (Fsp3) is 0.500. The van der Waals surface area contributed by atoms with Crippen molar-refractivity contribution >= 4 is 11.6 Å². The van der Waals surface area contributed by atoms with Gasteiger partial charge < -0.3 is 9.80 Å². The van der Waals surface area contributed by atoms with E-state index in [1.165, 1.54) is 6.07 Å². The number of H-pyrrole nitrogens is 1. The first-order chi connectivity index (χ1) is 12.0. The van der Waals surface area contributed by atoms with Gasteiger partial charge in [-0.15, -0.1) is 0 Å². The van der Waals surface area contributed by atoms with Crippen LogP contribution in [0.3, 0.4) is 0 Å². The molecule has 1 N–H and O–H groups in total. The molecule has 2 aromatic rings. The molecule has 1 fully saturated rings. The predicted molar refractivity (Wildman–Crippen MR) is 96.6 cm³/mol. The fourth-order valence-electron chi connectivity index (χ4n) is 3.12. The molecule has 3 rings (SSSR count). The molecule has 0 spiro atoms. The van der Waals surface area contributed by atoms with E-state index in [1.54, 1.807) is 17.1 Å². The minimum absolute atomic E-state index is 0.0623. The minimum Gasteiger partial charge on any atom is -0.368 e. The van der Waals surface area contributed by atoms with Crippen LogP contribution in [-0.2, 0) is 17.8 Å². The second-order valence-electron chi connectivity index (χ2n) is 6.87. The summed E-state index contributed by atoms with van der Waals surface area (Å²) in [6, 6.07) is 5.51. The van der Waals surface area contributed by atoms with Gasteiger partial charge in [0.2, 0.25) is 5.91 Å². The Morgan fingerprint density at radius 2 is 1.88 bits per heavy atom. The predicted octanol–water partition coefficient (Wildman–Crippen LogP) is 1.12. The zero-order valence-corrected chi connectivity index (χ0v) is 14.8. The Bertz CT molecular complexity index is 757. The van der Waals surface area contributed by atoms with Gasteiger partial charge in [0.25, 0.3) is 5.56 Å². The molecule has 0 bridgehead atoms. The van der Waals surface area contributed by atoms with Crippen molar-refractivity contribution in [3.63, 3.8) is 0 Å². The molecule has 0 aromatic carbocycles. The maximum absolute atomic E-state index is 12.5. The third-order valence-corrected chi connectivity index (χ3v) is 4.39. The number of pyridine rings is 1. The monoisotopic (exact) mass is 343 g/mol. The first-order valence-corrected chi connectivity index (χ1v) is 8.74. The Morgan fingerprint density at radius 3 is 2.52 bits per heavy atom. The molecule has 2 aromatic heterocycles. The molecular weight excluding hydrogens is 318 g/mol. The van der Waals surface area contributed by atoms with Crippen molar-refractivity contribution in [2.75, 3.05) is 31.1 Å². The van der Waals surface area contributed by atoms with Gasteiger partial charge in [-0.05, 0) is 18.1 Å². The highest BCUT2D eigenvalue weighted by Crippen LogP contribution is 2.15. The van der Waals surface area contributed by atoms with Crippen LogP contribution in [-0.4, -0.2) is 51.8 Å². The average molecular weight is 343 g/mol. The first kappa shape index (κ1) is 17.3. The molecule has 0 atom stereocenters. The lowest BCUT2D eigenvalue weighted by Crippen LogP contribution is -2.49. The van der Waals surface area contributed by atoms with Crippen LogP contribution in [0.4, 0.5) is 5.69 Å². The van der Waals surface area contributed by atoms with Crippen LogP contribution < -0.4 is 10.5 Å². The number of hydrogen-bond donors (Lipinski definition) is 1. The number of piperazine rings is 1. The van der Waals surface area contributed by atoms with Gasteiger partial charge in [0.05, 0.1) is 6.42 Å². The van der Waals surface area contributed by atoms with Crippen LogP contribution in [0.2, 0.25) is 0 Å². The van der Waals surface area contributed by atoms with Crippen LogP contribution in [0.5, 0.6) is 0 Å². The van der Waals surface area contributed by atoms with E-state index in [4.69, 9.17) is 0 Å². The molecule has 3 heterocycles. The van der Waals surface area contributed by atoms with E-state index in [9.17, 15) is 9.59 Å². The van der Waals surface area contributed by atoms with Crippen molar-refractivity contribution in [1.82, 2.24) is 19.7 Å². The third kappa shape index (κ3) is 4.29. The van der Waals surface area contributed by atoms with Gasteiger partial charge in [0, 0.05) is 62.6 Å². The van der Waals surface area contributed by atoms with E-state index in [2.05, 4.69) is 28.8 Å². The normalized spacial score (nSPS) is 15.0. The number of nitrogens with zero attached hydrogens (tertiary/aromatic N) is 4. The van der Waals surface area contributed by atoms with E-state index in [0.717, 1.165) is 18.8 Å². The quantitative estimate of drug-likeness (QED) is 0.883. The largest absolute Gasteiger partial charge is 0.368 e. The number of rotatable bonds is 5. The summed E-state index contributed by atoms with van der Waals surface area (Å²) in [5.41, 5.74) is 1.75. The number of carbonyl (C=O) groups is 1. The number of nitrogens with one attached hydrogen (secondary N) is 1. The number of carbonyl (C=O) groups excluding carboxylic acids is 1. The Labute approximate surface area is 147 Å². The SMILES string of the molecule is CC(C)Cn1[nH]c(CC(=O)N2CCN(c3ccncc3)CC2)cc1=O. The summed E-state index contributed by atoms with van der Waals surface area (Å²) in [6.07, 6.45) is 3.81. The second-order valence-corrected chi connectivity index (χ2v) is 6.87. The molecule has 1 aliphatic rings. The van der Waals surface area contributed by atoms with Crippen molar-refractivity contribution in [1.29, 1.82) is 0 Å². The summed E-state index contributed by atoms with van der Waals surface area (Å²) in [7, 11) is 0. The van der Waals surface area contributed by atoms with Gasteiger partial charge in [0.15, 0.2) is 0 Å². The van der Waals surface area contributed by atoms with Crippen molar-refractivity contribution < 1.29 is 4.79 Å². The molecule has 0 unspecified atom stereocenters. The van der Waals surface area contributed by atoms with E-state index < -0.39 is 0 Å². The molecule has 1 amide bonds. The Hall–Kier alpha value is -2.57. The summed E-state index contributed by atoms with van der Waals surface area (Å²) in [5.74, 6) is 0.438. The molecule has 7 nitrogen and oxygen atoms in total. The van der Waals surface area contributed by atoms with Crippen LogP contribution in [0.15, 0.2) is 35.4 Å². The van der Waals surface area contributed by atoms with E-state index in [-0.39, 0.29) is 17.9 Å². The number of hydrogen-bond acceptors (Lipinski definition) is 4. The Balaban J connectivity index is 1.55. The zero-order chi connectivity index (χ0) is 17.8. The van der Waals surface area contributed by atoms with Gasteiger partial charge in [-0.3, -0.25) is 24.4 Å². The molecule has 0 radical (unpaired) electrons. The summed E-state index contributed by atoms with van der Waals surface area (Å²) < 4.78 is 1.58. The maximum atomic E-state index is 12.5. The van der Waals surface area contributed by atoms with Gasteiger partial charge in [0.1, 0.15) is 0 Å². The molecule has 25 heavy (non-hydrogen) atoms. The summed E-state index contributed by atoms with van der Waals surface area (Å²) >= 11 is 0. The van der Waals surface area contributed by atoms with Crippen molar-refractivity contribution in [3.8, 4) is 0 Å². The summed E-state index contributed by atoms with van der Waals surface area (Å²) in [6.45, 7) is 7.75. The molecule has 134 valence electrons. The van der Waals surface area contributed by atoms with E-state index in [1.807, 2.05) is 17.0 Å². The van der Waals surface area contributed by atoms with Crippen LogP contribution in [0.25, 0.3) is 0 Å². The standard InChI is InChI=1S/C18H25N5O2/c1-14(2)13-23-18(25)12-15(20-23)11-17(24)22-9-7-21(8-10-22)16-3-5-19-6-4-16/h3-6,12,14,20H,7-11,13H2,1-2H3. The van der Waals surface area contributed by atoms with Crippen LogP contribution >= 0.6 is 0 Å². The lowest BCUT2D eigenvalue weighted by molar-refractivity contribution is -0.130. The highest BCUT2D eigenvalue weighted by molar-refractivity contribution is 5.78. The van der Waals surface area contributed by atoms with Crippen LogP contribution in [0, 0.1) is 5.92 Å². The zero-order valence-electron chi connectivity index (χ0n) is 14.8. The summed E-state index contributed by atoms with van der Waals surface area (Å²) in [5, 5.41) is 3.06. The fourth-order valence-corrected chi connectivity index (χ4v) is 3.12. The van der Waals surface area contributed by atoms with E-state index in [0.29, 0.717) is 31.2 Å². The molecule has 1 aliphatic heterocycles. The molecule has 1 saturated heterocycles. The lowest BCUT2D eigenvalue weighted by atomic mass is 10.2. The molecule has 0 saturated carbocycles. The Morgan fingerprint density at radius 1 is 1.20 bits per heavy atom. The lowest BCUT2D eigenvalue weighted by Gasteiger charge is -2.36. The minimum atomic E-state index is -0.0704. The molecular formula is C18H25N5O2. The number of amides is 1. The van der Waals surface area contributed by atoms with Gasteiger partial charge in [-0.1, -0.05) is 13.8 Å². The highest BCUT2D eigenvalue weighted by Gasteiger charge is 2.22. The van der Waals surface area contributed by atoms with Crippen LogP contribution in [0.1, 0.15) is 19.5 Å². The van der Waals surface area contributed by atoms with E-state index >= 15 is 0 Å². The van der Waals surface area contributed by atoms with Gasteiger partial charge in [-0.2, -0.15) is 0 Å². The van der Waals surface area contributed by atoms with Gasteiger partial charge >= 0.3 is 0 Å². The maximum Gasteiger partial charge on any atom is 0.266 e. The smallest absolute Gasteiger partial charge is 0.266 e. The Kier molecular flexibility index (Phi) is 5.21. The van der Waals surface area contributed by atoms with Crippen molar-refractivity contribution in [3.05, 3.63) is 46.6 Å². The number of aromatic amines is 1. The third-order valence-electron chi connectivity index (χ3n) is 4.39. The van der Waals surface area contributed by atoms with Gasteiger partial charge in [-0.25, -0.2) is 0 Å². The van der Waals surface area contributed by atoms with Crippen molar-refractivity contribution in [2.24, 2.45) is 5.92 Å². The molecule has 7 heteroatoms. The number of anilines is 1.